The van der Waals surface area contributed by atoms with Crippen LogP contribution >= 0.6 is 0 Å². The molecular formula is C22H20F2N4O2. The molecule has 30 heavy (non-hydrogen) atoms. The number of nitrogens with one attached hydrogen (secondary N) is 1. The summed E-state index contributed by atoms with van der Waals surface area (Å²) in [4.78, 5) is 4.58. The third kappa shape index (κ3) is 3.13. The fraction of sp³-hybridized carbons (Fsp3) is 0.273. The Kier molecular flexibility index (Phi) is 4.71. The molecule has 154 valence electrons. The summed E-state index contributed by atoms with van der Waals surface area (Å²) >= 11 is 0. The maximum atomic E-state index is 14.5. The van der Waals surface area contributed by atoms with Gasteiger partial charge in [-0.3, -0.25) is 0 Å². The van der Waals surface area contributed by atoms with Crippen LogP contribution in [0.5, 0.6) is 5.75 Å². The molecule has 0 radical (unpaired) electrons. The Morgan fingerprint density at radius 3 is 2.73 bits per heavy atom. The normalized spacial score (nSPS) is 18.0. The number of ether oxygens (including phenoxy) is 2. The van der Waals surface area contributed by atoms with Gasteiger partial charge in [0.25, 0.3) is 0 Å². The zero-order chi connectivity index (χ0) is 20.7. The molecule has 8 heteroatoms. The molecule has 0 spiro atoms. The van der Waals surface area contributed by atoms with E-state index in [1.165, 1.54) is 18.2 Å². The lowest BCUT2D eigenvalue weighted by atomic mass is 10.1. The van der Waals surface area contributed by atoms with Gasteiger partial charge in [-0.05, 0) is 43.5 Å². The van der Waals surface area contributed by atoms with Gasteiger partial charge in [-0.2, -0.15) is 5.10 Å². The van der Waals surface area contributed by atoms with Crippen molar-refractivity contribution in [2.45, 2.75) is 25.5 Å². The second-order valence-electron chi connectivity index (χ2n) is 7.24. The van der Waals surface area contributed by atoms with Crippen molar-refractivity contribution in [2.75, 3.05) is 19.0 Å². The first-order valence-electron chi connectivity index (χ1n) is 9.83. The van der Waals surface area contributed by atoms with E-state index in [9.17, 15) is 8.78 Å². The second kappa shape index (κ2) is 7.53. The second-order valence-corrected chi connectivity index (χ2v) is 7.24. The van der Waals surface area contributed by atoms with Gasteiger partial charge in [0.15, 0.2) is 6.23 Å². The number of hydrogen-bond acceptors (Lipinski definition) is 5. The number of benzene rings is 2. The average Bonchev–Trinajstić information content (AvgIpc) is 3.10. The molecule has 3 aromatic rings. The summed E-state index contributed by atoms with van der Waals surface area (Å²) < 4.78 is 42.2. The molecule has 1 aromatic heterocycles. The lowest BCUT2D eigenvalue weighted by molar-refractivity contribution is -0.0383. The molecule has 2 aromatic carbocycles. The first-order valence-corrected chi connectivity index (χ1v) is 9.83. The smallest absolute Gasteiger partial charge is 0.150 e. The molecule has 1 N–H and O–H groups in total. The quantitative estimate of drug-likeness (QED) is 0.657. The number of nitrogens with zero attached hydrogens (tertiary/aromatic N) is 3. The molecule has 1 fully saturated rings. The van der Waals surface area contributed by atoms with Crippen molar-refractivity contribution in [1.82, 2.24) is 9.78 Å². The highest BCUT2D eigenvalue weighted by atomic mass is 19.1. The van der Waals surface area contributed by atoms with Crippen LogP contribution in [-0.2, 0) is 4.74 Å². The van der Waals surface area contributed by atoms with E-state index in [2.05, 4.69) is 15.4 Å². The molecule has 5 rings (SSSR count). The van der Waals surface area contributed by atoms with Crippen molar-refractivity contribution in [3.8, 4) is 17.0 Å². The van der Waals surface area contributed by atoms with Gasteiger partial charge in [0, 0.05) is 18.2 Å². The Bertz CT molecular complexity index is 1120. The number of fused-ring (bicyclic) bond motifs is 3. The lowest BCUT2D eigenvalue weighted by Crippen LogP contribution is -2.20. The van der Waals surface area contributed by atoms with Crippen LogP contribution in [0.3, 0.4) is 0 Å². The van der Waals surface area contributed by atoms with Gasteiger partial charge in [0.2, 0.25) is 0 Å². The maximum absolute atomic E-state index is 14.5. The molecule has 0 bridgehead atoms. The fourth-order valence-electron chi connectivity index (χ4n) is 3.91. The Labute approximate surface area is 172 Å². The van der Waals surface area contributed by atoms with E-state index in [1.807, 2.05) is 16.8 Å². The van der Waals surface area contributed by atoms with Crippen LogP contribution in [-0.4, -0.2) is 29.3 Å². The van der Waals surface area contributed by atoms with E-state index in [0.29, 0.717) is 23.7 Å². The molecule has 0 amide bonds. The summed E-state index contributed by atoms with van der Waals surface area (Å²) in [7, 11) is 1.56. The highest BCUT2D eigenvalue weighted by Crippen LogP contribution is 2.42. The number of aliphatic imine (C=N–C) groups is 1. The predicted molar refractivity (Wildman–Crippen MR) is 109 cm³/mol. The molecule has 6 nitrogen and oxygen atoms in total. The molecule has 2 aliphatic heterocycles. The van der Waals surface area contributed by atoms with Gasteiger partial charge in [-0.1, -0.05) is 6.07 Å². The van der Waals surface area contributed by atoms with Crippen LogP contribution in [0.1, 0.15) is 31.1 Å². The highest BCUT2D eigenvalue weighted by molar-refractivity contribution is 6.13. The largest absolute Gasteiger partial charge is 0.497 e. The number of hydrogen-bond donors (Lipinski definition) is 1. The topological polar surface area (TPSA) is 60.7 Å². The van der Waals surface area contributed by atoms with E-state index in [1.54, 1.807) is 19.4 Å². The third-order valence-electron chi connectivity index (χ3n) is 5.37. The minimum atomic E-state index is -0.697. The third-order valence-corrected chi connectivity index (χ3v) is 5.37. The Balaban J connectivity index is 1.71. The Morgan fingerprint density at radius 2 is 2.00 bits per heavy atom. The van der Waals surface area contributed by atoms with Crippen LogP contribution < -0.4 is 10.1 Å². The van der Waals surface area contributed by atoms with Crippen LogP contribution in [0.25, 0.3) is 11.3 Å². The van der Waals surface area contributed by atoms with Gasteiger partial charge in [-0.15, -0.1) is 0 Å². The van der Waals surface area contributed by atoms with Crippen molar-refractivity contribution < 1.29 is 18.3 Å². The van der Waals surface area contributed by atoms with E-state index in [0.717, 1.165) is 30.5 Å². The molecule has 0 aliphatic carbocycles. The van der Waals surface area contributed by atoms with E-state index >= 15 is 0 Å². The number of aromatic nitrogens is 2. The summed E-state index contributed by atoms with van der Waals surface area (Å²) in [5.74, 6) is -0.730. The summed E-state index contributed by atoms with van der Waals surface area (Å²) in [6, 6.07) is 9.18. The SMILES string of the molecule is COc1ccc2c(c1)N=C(c1c(F)cccc1F)Nc1cnn(C3CCCCO3)c1-2. The van der Waals surface area contributed by atoms with E-state index in [4.69, 9.17) is 9.47 Å². The zero-order valence-electron chi connectivity index (χ0n) is 16.4. The minimum Gasteiger partial charge on any atom is -0.497 e. The predicted octanol–water partition coefficient (Wildman–Crippen LogP) is 5.04. The Hall–Kier alpha value is -3.26. The first kappa shape index (κ1) is 18.7. The van der Waals surface area contributed by atoms with Gasteiger partial charge in [-0.25, -0.2) is 18.5 Å². The average molecular weight is 410 g/mol. The van der Waals surface area contributed by atoms with Crippen molar-refractivity contribution >= 4 is 17.2 Å². The van der Waals surface area contributed by atoms with Crippen LogP contribution in [0, 0.1) is 11.6 Å². The van der Waals surface area contributed by atoms with Gasteiger partial charge < -0.3 is 14.8 Å². The molecule has 1 atom stereocenters. The Morgan fingerprint density at radius 1 is 1.17 bits per heavy atom. The summed E-state index contributed by atoms with van der Waals surface area (Å²) in [5, 5.41) is 7.62. The molecule has 1 unspecified atom stereocenters. The van der Waals surface area contributed by atoms with Crippen molar-refractivity contribution in [3.05, 3.63) is 59.8 Å². The van der Waals surface area contributed by atoms with Crippen molar-refractivity contribution in [3.63, 3.8) is 0 Å². The number of amidine groups is 1. The molecule has 3 heterocycles. The molecular weight excluding hydrogens is 390 g/mol. The van der Waals surface area contributed by atoms with Gasteiger partial charge in [0.05, 0.1) is 35.9 Å². The summed E-state index contributed by atoms with van der Waals surface area (Å²) in [6.45, 7) is 0.671. The van der Waals surface area contributed by atoms with Gasteiger partial charge >= 0.3 is 0 Å². The van der Waals surface area contributed by atoms with E-state index < -0.39 is 11.6 Å². The highest BCUT2D eigenvalue weighted by Gasteiger charge is 2.28. The standard InChI is InChI=1S/C22H20F2N4O2/c1-29-13-8-9-14-17(11-13)26-22(20-15(23)5-4-6-16(20)24)27-18-12-25-28(21(14)18)19-7-2-3-10-30-19/h4-6,8-9,11-12,19H,2-3,7,10H2,1H3,(H,26,27). The van der Waals surface area contributed by atoms with E-state index in [-0.39, 0.29) is 17.6 Å². The molecule has 2 aliphatic rings. The fourth-order valence-corrected chi connectivity index (χ4v) is 3.91. The van der Waals surface area contributed by atoms with Crippen molar-refractivity contribution in [1.29, 1.82) is 0 Å². The van der Waals surface area contributed by atoms with Crippen LogP contribution in [0.15, 0.2) is 47.6 Å². The summed E-state index contributed by atoms with van der Waals surface area (Å²) in [6.07, 6.45) is 4.35. The lowest BCUT2D eigenvalue weighted by Gasteiger charge is -2.25. The first-order chi connectivity index (χ1) is 14.7. The number of anilines is 1. The van der Waals surface area contributed by atoms with Crippen molar-refractivity contribution in [2.24, 2.45) is 4.99 Å². The summed E-state index contributed by atoms with van der Waals surface area (Å²) in [5.41, 5.74) is 2.44. The number of methoxy groups -OCH3 is 1. The number of rotatable bonds is 3. The zero-order valence-corrected chi connectivity index (χ0v) is 16.4. The number of halogens is 2. The maximum Gasteiger partial charge on any atom is 0.150 e. The monoisotopic (exact) mass is 410 g/mol. The molecule has 0 saturated carbocycles. The van der Waals surface area contributed by atoms with Crippen LogP contribution in [0.2, 0.25) is 0 Å². The molecule has 1 saturated heterocycles. The minimum absolute atomic E-state index is 0.0722. The van der Waals surface area contributed by atoms with Crippen LogP contribution in [0.4, 0.5) is 20.2 Å². The van der Waals surface area contributed by atoms with Gasteiger partial charge in [0.1, 0.15) is 23.2 Å².